The molecule has 1 saturated heterocycles. The second-order valence-corrected chi connectivity index (χ2v) is 7.62. The highest BCUT2D eigenvalue weighted by Crippen LogP contribution is 2.35. The molecule has 4 rings (SSSR count). The van der Waals surface area contributed by atoms with Crippen molar-refractivity contribution in [2.75, 3.05) is 38.6 Å². The number of amides is 3. The van der Waals surface area contributed by atoms with Crippen molar-refractivity contribution in [1.82, 2.24) is 14.9 Å². The molecule has 2 aliphatic rings. The normalized spacial score (nSPS) is 19.7. The predicted molar refractivity (Wildman–Crippen MR) is 114 cm³/mol. The van der Waals surface area contributed by atoms with Crippen LogP contribution in [-0.2, 0) is 4.79 Å². The summed E-state index contributed by atoms with van der Waals surface area (Å²) in [6.45, 7) is 2.04. The van der Waals surface area contributed by atoms with Gasteiger partial charge in [-0.05, 0) is 42.3 Å². The van der Waals surface area contributed by atoms with Crippen LogP contribution in [0.5, 0.6) is 0 Å². The molecule has 0 saturated carbocycles. The minimum atomic E-state index is -0.201. The molecule has 6 heteroatoms. The molecule has 1 fully saturated rings. The Morgan fingerprint density at radius 3 is 2.38 bits per heavy atom. The molecule has 2 aromatic rings. The first kappa shape index (κ1) is 19.2. The number of hydrogen-bond acceptors (Lipinski definition) is 3. The van der Waals surface area contributed by atoms with Crippen LogP contribution in [0.25, 0.3) is 5.57 Å². The number of hydrogen-bond donors (Lipinski definition) is 0. The van der Waals surface area contributed by atoms with Crippen molar-refractivity contribution in [3.05, 3.63) is 71.8 Å². The van der Waals surface area contributed by atoms with Gasteiger partial charge in [0.15, 0.2) is 0 Å². The maximum absolute atomic E-state index is 13.5. The van der Waals surface area contributed by atoms with Gasteiger partial charge in [-0.3, -0.25) is 9.69 Å². The molecule has 1 atom stereocenters. The molecular formula is C23H26N4O2. The zero-order valence-corrected chi connectivity index (χ0v) is 16.9. The van der Waals surface area contributed by atoms with Gasteiger partial charge in [-0.1, -0.05) is 48.5 Å². The van der Waals surface area contributed by atoms with Gasteiger partial charge in [-0.15, -0.1) is 0 Å². The lowest BCUT2D eigenvalue weighted by Crippen LogP contribution is -2.62. The number of rotatable bonds is 3. The first-order chi connectivity index (χ1) is 14.1. The summed E-state index contributed by atoms with van der Waals surface area (Å²) in [6.07, 6.45) is 1.65. The van der Waals surface area contributed by atoms with Crippen molar-refractivity contribution in [3.8, 4) is 0 Å². The quantitative estimate of drug-likeness (QED) is 0.757. The predicted octanol–water partition coefficient (Wildman–Crippen LogP) is 3.09. The van der Waals surface area contributed by atoms with Crippen LogP contribution >= 0.6 is 0 Å². The van der Waals surface area contributed by atoms with E-state index in [2.05, 4.69) is 24.1 Å². The van der Waals surface area contributed by atoms with Gasteiger partial charge in [0, 0.05) is 25.8 Å². The average molecular weight is 390 g/mol. The van der Waals surface area contributed by atoms with Crippen LogP contribution in [0.2, 0.25) is 0 Å². The lowest BCUT2D eigenvalue weighted by molar-refractivity contribution is -0.132. The number of carbonyl (C=O) groups is 2. The summed E-state index contributed by atoms with van der Waals surface area (Å²) in [5.41, 5.74) is 4.32. The van der Waals surface area contributed by atoms with Crippen molar-refractivity contribution in [2.24, 2.45) is 0 Å². The molecule has 2 aromatic carbocycles. The van der Waals surface area contributed by atoms with Crippen molar-refractivity contribution in [3.63, 3.8) is 0 Å². The number of fused-ring (bicyclic) bond motifs is 1. The Morgan fingerprint density at radius 1 is 1.07 bits per heavy atom. The molecule has 2 aliphatic heterocycles. The lowest BCUT2D eigenvalue weighted by Gasteiger charge is -2.48. The maximum atomic E-state index is 13.5. The number of carbonyl (C=O) groups excluding carboxylic acids is 2. The smallest absolute Gasteiger partial charge is 0.304 e. The molecule has 0 aliphatic carbocycles. The molecule has 0 spiro atoms. The van der Waals surface area contributed by atoms with Gasteiger partial charge in [0.1, 0.15) is 0 Å². The van der Waals surface area contributed by atoms with Gasteiger partial charge in [0.25, 0.3) is 0 Å². The van der Waals surface area contributed by atoms with E-state index in [4.69, 9.17) is 0 Å². The number of benzene rings is 2. The second kappa shape index (κ2) is 8.09. The van der Waals surface area contributed by atoms with Crippen LogP contribution in [0, 0.1) is 0 Å². The van der Waals surface area contributed by atoms with E-state index in [1.165, 1.54) is 10.6 Å². The first-order valence-electron chi connectivity index (χ1n) is 9.90. The number of para-hydroxylation sites is 1. The Labute approximate surface area is 171 Å². The summed E-state index contributed by atoms with van der Waals surface area (Å²) in [6, 6.07) is 19.3. The van der Waals surface area contributed by atoms with Crippen molar-refractivity contribution in [2.45, 2.75) is 12.5 Å². The highest BCUT2D eigenvalue weighted by Gasteiger charge is 2.41. The van der Waals surface area contributed by atoms with Crippen LogP contribution < -0.4 is 4.90 Å². The molecule has 29 heavy (non-hydrogen) atoms. The molecule has 150 valence electrons. The molecule has 0 N–H and O–H groups in total. The van der Waals surface area contributed by atoms with Crippen molar-refractivity contribution >= 4 is 23.7 Å². The lowest BCUT2D eigenvalue weighted by atomic mass is 9.87. The monoisotopic (exact) mass is 390 g/mol. The van der Waals surface area contributed by atoms with E-state index in [0.29, 0.717) is 13.1 Å². The number of piperidine rings is 1. The third-order valence-corrected chi connectivity index (χ3v) is 5.80. The zero-order chi connectivity index (χ0) is 20.4. The summed E-state index contributed by atoms with van der Waals surface area (Å²) in [5, 5.41) is 3.16. The average Bonchev–Trinajstić information content (AvgIpc) is 2.78. The molecule has 0 radical (unpaired) electrons. The van der Waals surface area contributed by atoms with Gasteiger partial charge in [-0.2, -0.15) is 0 Å². The van der Waals surface area contributed by atoms with E-state index < -0.39 is 0 Å². The van der Waals surface area contributed by atoms with E-state index in [1.807, 2.05) is 48.5 Å². The van der Waals surface area contributed by atoms with Crippen LogP contribution in [-0.4, -0.2) is 67.1 Å². The van der Waals surface area contributed by atoms with Crippen LogP contribution in [0.1, 0.15) is 12.0 Å². The standard InChI is InChI=1S/C23H26N4O2/c1-24-14-13-20-21(18-9-5-3-6-10-18)15-26(17-28)27(22(20)16-24)23(29)25(2)19-11-7-4-8-12-19/h3-12,17,22H,13-16H2,1-2H3. The largest absolute Gasteiger partial charge is 0.343 e. The van der Waals surface area contributed by atoms with Crippen molar-refractivity contribution in [1.29, 1.82) is 0 Å². The van der Waals surface area contributed by atoms with E-state index in [9.17, 15) is 9.59 Å². The molecule has 1 unspecified atom stereocenters. The van der Waals surface area contributed by atoms with E-state index in [0.717, 1.165) is 36.2 Å². The topological polar surface area (TPSA) is 47.1 Å². The fourth-order valence-corrected chi connectivity index (χ4v) is 4.23. The molecular weight excluding hydrogens is 364 g/mol. The maximum Gasteiger partial charge on any atom is 0.343 e. The summed E-state index contributed by atoms with van der Waals surface area (Å²) in [7, 11) is 3.81. The van der Waals surface area contributed by atoms with Gasteiger partial charge in [0.05, 0.1) is 12.6 Å². The third kappa shape index (κ3) is 3.63. The van der Waals surface area contributed by atoms with Crippen LogP contribution in [0.15, 0.2) is 66.2 Å². The Balaban J connectivity index is 1.75. The summed E-state index contributed by atoms with van der Waals surface area (Å²) in [4.78, 5) is 29.4. The fraction of sp³-hybridized carbons (Fsp3) is 0.304. The first-order valence-corrected chi connectivity index (χ1v) is 9.90. The van der Waals surface area contributed by atoms with Gasteiger partial charge < -0.3 is 4.90 Å². The second-order valence-electron chi connectivity index (χ2n) is 7.62. The fourth-order valence-electron chi connectivity index (χ4n) is 4.23. The minimum absolute atomic E-state index is 0.165. The number of urea groups is 1. The molecule has 0 aromatic heterocycles. The number of hydrazine groups is 1. The Hall–Kier alpha value is -3.12. The Kier molecular flexibility index (Phi) is 5.36. The van der Waals surface area contributed by atoms with E-state index >= 15 is 0 Å². The summed E-state index contributed by atoms with van der Waals surface area (Å²) >= 11 is 0. The van der Waals surface area contributed by atoms with Gasteiger partial charge in [0.2, 0.25) is 6.41 Å². The van der Waals surface area contributed by atoms with Crippen molar-refractivity contribution < 1.29 is 9.59 Å². The minimum Gasteiger partial charge on any atom is -0.304 e. The Bertz CT molecular complexity index is 913. The highest BCUT2D eigenvalue weighted by molar-refractivity contribution is 5.93. The summed E-state index contributed by atoms with van der Waals surface area (Å²) in [5.74, 6) is 0. The third-order valence-electron chi connectivity index (χ3n) is 5.80. The van der Waals surface area contributed by atoms with E-state index in [1.54, 1.807) is 17.0 Å². The van der Waals surface area contributed by atoms with Crippen LogP contribution in [0.4, 0.5) is 10.5 Å². The zero-order valence-electron chi connectivity index (χ0n) is 16.9. The molecule has 6 nitrogen and oxygen atoms in total. The Morgan fingerprint density at radius 2 is 1.72 bits per heavy atom. The summed E-state index contributed by atoms with van der Waals surface area (Å²) < 4.78 is 0. The number of likely N-dealkylation sites (tertiary alicyclic amines) is 1. The van der Waals surface area contributed by atoms with E-state index in [-0.39, 0.29) is 12.1 Å². The molecule has 0 bridgehead atoms. The van der Waals surface area contributed by atoms with Crippen LogP contribution in [0.3, 0.4) is 0 Å². The SMILES string of the molecule is CN1CCC2=C(c3ccccc3)CN(C=O)N(C(=O)N(C)c3ccccc3)C2C1. The highest BCUT2D eigenvalue weighted by atomic mass is 16.2. The molecule has 3 amide bonds. The molecule has 2 heterocycles. The number of anilines is 1. The van der Waals surface area contributed by atoms with Gasteiger partial charge in [-0.25, -0.2) is 14.8 Å². The van der Waals surface area contributed by atoms with Gasteiger partial charge >= 0.3 is 6.03 Å². The number of nitrogens with zero attached hydrogens (tertiary/aromatic N) is 4. The number of likely N-dealkylation sites (N-methyl/N-ethyl adjacent to an activating group) is 1.